The maximum absolute atomic E-state index is 12.8. The van der Waals surface area contributed by atoms with E-state index >= 15 is 0 Å². The third kappa shape index (κ3) is 6.66. The number of nitrogens with one attached hydrogen (secondary N) is 1. The lowest BCUT2D eigenvalue weighted by atomic mass is 10.2. The molecule has 6 heteroatoms. The van der Waals surface area contributed by atoms with E-state index in [1.165, 1.54) is 17.7 Å². The van der Waals surface area contributed by atoms with Gasteiger partial charge in [0.05, 0.1) is 25.7 Å². The number of carbonyl (C=O) groups excluding carboxylic acids is 1. The van der Waals surface area contributed by atoms with E-state index in [2.05, 4.69) is 22.3 Å². The van der Waals surface area contributed by atoms with E-state index in [-0.39, 0.29) is 30.9 Å². The summed E-state index contributed by atoms with van der Waals surface area (Å²) in [5.41, 5.74) is 1.28. The first-order valence-electron chi connectivity index (χ1n) is 9.22. The molecule has 1 aliphatic heterocycles. The van der Waals surface area contributed by atoms with E-state index in [0.29, 0.717) is 18.9 Å². The molecule has 0 saturated carbocycles. The maximum atomic E-state index is 12.8. The molecule has 5 nitrogen and oxygen atoms in total. The van der Waals surface area contributed by atoms with Gasteiger partial charge < -0.3 is 14.8 Å². The molecule has 0 bridgehead atoms. The zero-order valence-corrected chi connectivity index (χ0v) is 15.3. The predicted molar refractivity (Wildman–Crippen MR) is 101 cm³/mol. The van der Waals surface area contributed by atoms with Crippen molar-refractivity contribution in [3.05, 3.63) is 66.0 Å². The second kappa shape index (κ2) is 10.0. The Balaban J connectivity index is 1.33. The van der Waals surface area contributed by atoms with Crippen LogP contribution in [0.2, 0.25) is 0 Å². The van der Waals surface area contributed by atoms with Gasteiger partial charge in [0, 0.05) is 26.2 Å². The molecule has 0 radical (unpaired) electrons. The van der Waals surface area contributed by atoms with Gasteiger partial charge in [0.25, 0.3) is 0 Å². The zero-order chi connectivity index (χ0) is 18.9. The minimum atomic E-state index is -0.311. The molecule has 2 aromatic rings. The van der Waals surface area contributed by atoms with E-state index in [9.17, 15) is 9.18 Å². The molecule has 1 saturated heterocycles. The van der Waals surface area contributed by atoms with Crippen LogP contribution in [0.4, 0.5) is 4.39 Å². The minimum Gasteiger partial charge on any atom is -0.493 e. The molecular formula is C21H25FN2O3. The molecule has 2 aromatic carbocycles. The highest BCUT2D eigenvalue weighted by Crippen LogP contribution is 2.12. The molecule has 0 unspecified atom stereocenters. The van der Waals surface area contributed by atoms with E-state index < -0.39 is 0 Å². The number of benzene rings is 2. The van der Waals surface area contributed by atoms with Crippen LogP contribution in [0.5, 0.6) is 5.75 Å². The first-order valence-corrected chi connectivity index (χ1v) is 9.22. The Morgan fingerprint density at radius 3 is 2.74 bits per heavy atom. The standard InChI is InChI=1S/C21H25FN2O3/c22-18-6-8-19(9-7-18)26-12-10-21(25)23-14-20-16-24(11-13-27-20)15-17-4-2-1-3-5-17/h1-9,20H,10-16H2,(H,23,25)/t20-/m1/s1. The molecule has 1 aliphatic rings. The lowest BCUT2D eigenvalue weighted by Crippen LogP contribution is -2.47. The normalized spacial score (nSPS) is 17.4. The second-order valence-electron chi connectivity index (χ2n) is 6.57. The molecule has 0 aromatic heterocycles. The average Bonchev–Trinajstić information content (AvgIpc) is 2.69. The van der Waals surface area contributed by atoms with Crippen LogP contribution in [-0.4, -0.2) is 49.8 Å². The number of amides is 1. The van der Waals surface area contributed by atoms with Crippen LogP contribution >= 0.6 is 0 Å². The fourth-order valence-electron chi connectivity index (χ4n) is 3.00. The Labute approximate surface area is 159 Å². The van der Waals surface area contributed by atoms with Crippen molar-refractivity contribution in [3.8, 4) is 5.75 Å². The van der Waals surface area contributed by atoms with Gasteiger partial charge in [0.2, 0.25) is 5.91 Å². The van der Waals surface area contributed by atoms with Crippen LogP contribution in [0.3, 0.4) is 0 Å². The molecule has 1 atom stereocenters. The Kier molecular flexibility index (Phi) is 7.19. The van der Waals surface area contributed by atoms with Crippen molar-refractivity contribution >= 4 is 5.91 Å². The average molecular weight is 372 g/mol. The van der Waals surface area contributed by atoms with E-state index in [1.807, 2.05) is 18.2 Å². The van der Waals surface area contributed by atoms with Gasteiger partial charge >= 0.3 is 0 Å². The van der Waals surface area contributed by atoms with E-state index in [4.69, 9.17) is 9.47 Å². The van der Waals surface area contributed by atoms with Crippen molar-refractivity contribution in [1.29, 1.82) is 0 Å². The van der Waals surface area contributed by atoms with Crippen LogP contribution in [0, 0.1) is 5.82 Å². The van der Waals surface area contributed by atoms with Crippen LogP contribution < -0.4 is 10.1 Å². The molecule has 3 rings (SSSR count). The summed E-state index contributed by atoms with van der Waals surface area (Å²) in [4.78, 5) is 14.3. The van der Waals surface area contributed by atoms with Crippen LogP contribution in [0.25, 0.3) is 0 Å². The Bertz CT molecular complexity index is 709. The molecule has 1 amide bonds. The number of nitrogens with zero attached hydrogens (tertiary/aromatic N) is 1. The summed E-state index contributed by atoms with van der Waals surface area (Å²) in [6, 6.07) is 16.1. The van der Waals surface area contributed by atoms with Crippen LogP contribution in [0.1, 0.15) is 12.0 Å². The number of halogens is 1. The molecule has 0 spiro atoms. The number of carbonyl (C=O) groups is 1. The summed E-state index contributed by atoms with van der Waals surface area (Å²) in [7, 11) is 0. The lowest BCUT2D eigenvalue weighted by molar-refractivity contribution is -0.122. The smallest absolute Gasteiger partial charge is 0.223 e. The van der Waals surface area contributed by atoms with Gasteiger partial charge in [-0.05, 0) is 29.8 Å². The summed E-state index contributed by atoms with van der Waals surface area (Å²) >= 11 is 0. The van der Waals surface area contributed by atoms with Crippen molar-refractivity contribution in [2.45, 2.75) is 19.1 Å². The molecule has 1 fully saturated rings. The third-order valence-electron chi connectivity index (χ3n) is 4.41. The van der Waals surface area contributed by atoms with Crippen molar-refractivity contribution in [3.63, 3.8) is 0 Å². The topological polar surface area (TPSA) is 50.8 Å². The van der Waals surface area contributed by atoms with Gasteiger partial charge in [-0.2, -0.15) is 0 Å². The monoisotopic (exact) mass is 372 g/mol. The SMILES string of the molecule is O=C(CCOc1ccc(F)cc1)NC[C@@H]1CN(Cc2ccccc2)CCO1. The van der Waals surface area contributed by atoms with Crippen molar-refractivity contribution in [2.24, 2.45) is 0 Å². The molecule has 144 valence electrons. The lowest BCUT2D eigenvalue weighted by Gasteiger charge is -2.33. The van der Waals surface area contributed by atoms with Crippen molar-refractivity contribution < 1.29 is 18.7 Å². The highest BCUT2D eigenvalue weighted by Gasteiger charge is 2.21. The summed E-state index contributed by atoms with van der Waals surface area (Å²) in [5, 5.41) is 2.90. The summed E-state index contributed by atoms with van der Waals surface area (Å²) in [5.74, 6) is 0.158. The molecule has 1 heterocycles. The number of morpholine rings is 1. The van der Waals surface area contributed by atoms with Crippen LogP contribution in [0.15, 0.2) is 54.6 Å². The Morgan fingerprint density at radius 1 is 1.19 bits per heavy atom. The zero-order valence-electron chi connectivity index (χ0n) is 15.3. The van der Waals surface area contributed by atoms with Crippen molar-refractivity contribution in [1.82, 2.24) is 10.2 Å². The number of hydrogen-bond acceptors (Lipinski definition) is 4. The largest absolute Gasteiger partial charge is 0.493 e. The number of ether oxygens (including phenoxy) is 2. The first-order chi connectivity index (χ1) is 13.2. The maximum Gasteiger partial charge on any atom is 0.223 e. The fourth-order valence-corrected chi connectivity index (χ4v) is 3.00. The Hall–Kier alpha value is -2.44. The summed E-state index contributed by atoms with van der Waals surface area (Å²) in [6.07, 6.45) is 0.238. The highest BCUT2D eigenvalue weighted by atomic mass is 19.1. The highest BCUT2D eigenvalue weighted by molar-refractivity contribution is 5.76. The fraction of sp³-hybridized carbons (Fsp3) is 0.381. The van der Waals surface area contributed by atoms with E-state index in [1.54, 1.807) is 12.1 Å². The second-order valence-corrected chi connectivity index (χ2v) is 6.57. The minimum absolute atomic E-state index is 0.00979. The van der Waals surface area contributed by atoms with Crippen molar-refractivity contribution in [2.75, 3.05) is 32.8 Å². The summed E-state index contributed by atoms with van der Waals surface area (Å²) < 4.78 is 24.0. The summed E-state index contributed by atoms with van der Waals surface area (Å²) in [6.45, 7) is 3.98. The molecular weight excluding hydrogens is 347 g/mol. The number of rotatable bonds is 8. The van der Waals surface area contributed by atoms with Gasteiger partial charge in [-0.25, -0.2) is 4.39 Å². The third-order valence-corrected chi connectivity index (χ3v) is 4.41. The van der Waals surface area contributed by atoms with Gasteiger partial charge in [-0.15, -0.1) is 0 Å². The molecule has 27 heavy (non-hydrogen) atoms. The molecule has 1 N–H and O–H groups in total. The molecule has 0 aliphatic carbocycles. The quantitative estimate of drug-likeness (QED) is 0.774. The van der Waals surface area contributed by atoms with Gasteiger partial charge in [-0.3, -0.25) is 9.69 Å². The first kappa shape index (κ1) is 19.3. The van der Waals surface area contributed by atoms with Gasteiger partial charge in [-0.1, -0.05) is 30.3 Å². The van der Waals surface area contributed by atoms with Gasteiger partial charge in [0.1, 0.15) is 11.6 Å². The van der Waals surface area contributed by atoms with Gasteiger partial charge in [0.15, 0.2) is 0 Å². The van der Waals surface area contributed by atoms with Crippen LogP contribution in [-0.2, 0) is 16.1 Å². The predicted octanol–water partition coefficient (Wildman–Crippen LogP) is 2.61. The van der Waals surface area contributed by atoms with E-state index in [0.717, 1.165) is 19.6 Å². The Morgan fingerprint density at radius 2 is 1.96 bits per heavy atom. The number of hydrogen-bond donors (Lipinski definition) is 1.